The maximum absolute atomic E-state index is 11.8. The highest BCUT2D eigenvalue weighted by molar-refractivity contribution is 5.79. The van der Waals surface area contributed by atoms with E-state index in [1.165, 1.54) is 0 Å². The molecule has 0 spiro atoms. The lowest BCUT2D eigenvalue weighted by Gasteiger charge is -2.38. The highest BCUT2D eigenvalue weighted by Gasteiger charge is 2.44. The molecule has 0 rings (SSSR count). The SMILES string of the molecule is CCN(C)CCNC(=O)NC(C)(C)C(C)(C)C(=O)O. The molecule has 0 aliphatic rings. The molecule has 112 valence electrons. The number of nitrogens with one attached hydrogen (secondary N) is 2. The minimum Gasteiger partial charge on any atom is -0.481 e. The first kappa shape index (κ1) is 17.7. The van der Waals surface area contributed by atoms with Crippen LogP contribution in [0, 0.1) is 5.41 Å². The van der Waals surface area contributed by atoms with Gasteiger partial charge in [-0.25, -0.2) is 4.79 Å². The maximum atomic E-state index is 11.8. The second kappa shape index (κ2) is 6.75. The lowest BCUT2D eigenvalue weighted by Crippen LogP contribution is -2.59. The van der Waals surface area contributed by atoms with Crippen LogP contribution in [0.2, 0.25) is 0 Å². The molecule has 19 heavy (non-hydrogen) atoms. The summed E-state index contributed by atoms with van der Waals surface area (Å²) in [6, 6.07) is -0.344. The molecule has 6 heteroatoms. The van der Waals surface area contributed by atoms with Crippen molar-refractivity contribution in [3.63, 3.8) is 0 Å². The van der Waals surface area contributed by atoms with E-state index in [9.17, 15) is 14.7 Å². The van der Waals surface area contributed by atoms with Gasteiger partial charge in [-0.05, 0) is 41.3 Å². The van der Waals surface area contributed by atoms with Gasteiger partial charge in [0.15, 0.2) is 0 Å². The molecule has 0 fully saturated rings. The van der Waals surface area contributed by atoms with Gasteiger partial charge in [-0.15, -0.1) is 0 Å². The Morgan fingerprint density at radius 2 is 1.74 bits per heavy atom. The number of rotatable bonds is 7. The molecule has 0 saturated carbocycles. The average Bonchev–Trinajstić information content (AvgIpc) is 2.27. The number of carboxylic acid groups (broad SMARTS) is 1. The number of nitrogens with zero attached hydrogens (tertiary/aromatic N) is 1. The number of carbonyl (C=O) groups is 2. The highest BCUT2D eigenvalue weighted by Crippen LogP contribution is 2.30. The van der Waals surface area contributed by atoms with Gasteiger partial charge in [0.05, 0.1) is 11.0 Å². The second-order valence-electron chi connectivity index (χ2n) is 5.83. The van der Waals surface area contributed by atoms with E-state index in [1.807, 2.05) is 14.0 Å². The Balaban J connectivity index is 4.36. The fourth-order valence-electron chi connectivity index (χ4n) is 1.27. The van der Waals surface area contributed by atoms with Crippen molar-refractivity contribution in [3.8, 4) is 0 Å². The number of urea groups is 1. The summed E-state index contributed by atoms with van der Waals surface area (Å²) in [5.41, 5.74) is -1.90. The number of likely N-dealkylation sites (N-methyl/N-ethyl adjacent to an activating group) is 1. The molecule has 0 unspecified atom stereocenters. The number of carbonyl (C=O) groups excluding carboxylic acids is 1. The molecule has 0 atom stereocenters. The Hall–Kier alpha value is -1.30. The molecular weight excluding hydrogens is 246 g/mol. The number of hydrogen-bond donors (Lipinski definition) is 3. The summed E-state index contributed by atoms with van der Waals surface area (Å²) in [5, 5.41) is 14.6. The molecule has 0 aromatic heterocycles. The van der Waals surface area contributed by atoms with Crippen molar-refractivity contribution < 1.29 is 14.7 Å². The van der Waals surface area contributed by atoms with Crippen LogP contribution in [0.5, 0.6) is 0 Å². The zero-order valence-corrected chi connectivity index (χ0v) is 12.8. The summed E-state index contributed by atoms with van der Waals surface area (Å²) >= 11 is 0. The lowest BCUT2D eigenvalue weighted by atomic mass is 9.74. The normalized spacial score (nSPS) is 12.4. The quantitative estimate of drug-likeness (QED) is 0.649. The van der Waals surface area contributed by atoms with Crippen LogP contribution in [0.25, 0.3) is 0 Å². The Kier molecular flexibility index (Phi) is 6.29. The Morgan fingerprint density at radius 1 is 1.21 bits per heavy atom. The van der Waals surface area contributed by atoms with Gasteiger partial charge in [0, 0.05) is 13.1 Å². The van der Waals surface area contributed by atoms with Crippen molar-refractivity contribution in [2.24, 2.45) is 5.41 Å². The highest BCUT2D eigenvalue weighted by atomic mass is 16.4. The number of carboxylic acids is 1. The monoisotopic (exact) mass is 273 g/mol. The van der Waals surface area contributed by atoms with Crippen molar-refractivity contribution >= 4 is 12.0 Å². The van der Waals surface area contributed by atoms with Crippen LogP contribution in [0.3, 0.4) is 0 Å². The molecule has 3 N–H and O–H groups in total. The Labute approximate surface area is 115 Å². The maximum Gasteiger partial charge on any atom is 0.315 e. The molecule has 0 aromatic rings. The molecule has 0 saturated heterocycles. The molecule has 0 aliphatic carbocycles. The van der Waals surface area contributed by atoms with Crippen molar-refractivity contribution in [3.05, 3.63) is 0 Å². The third kappa shape index (κ3) is 5.06. The first-order chi connectivity index (χ1) is 8.54. The van der Waals surface area contributed by atoms with E-state index in [-0.39, 0.29) is 6.03 Å². The summed E-state index contributed by atoms with van der Waals surface area (Å²) in [6.07, 6.45) is 0. The molecule has 6 nitrogen and oxygen atoms in total. The molecule has 0 aromatic carbocycles. The first-order valence-electron chi connectivity index (χ1n) is 6.52. The predicted octanol–water partition coefficient (Wildman–Crippen LogP) is 1.13. The molecular formula is C13H27N3O3. The molecule has 2 amide bonds. The summed E-state index contributed by atoms with van der Waals surface area (Å²) < 4.78 is 0. The summed E-state index contributed by atoms with van der Waals surface area (Å²) in [4.78, 5) is 25.1. The van der Waals surface area contributed by atoms with E-state index in [1.54, 1.807) is 27.7 Å². The summed E-state index contributed by atoms with van der Waals surface area (Å²) in [6.45, 7) is 10.9. The van der Waals surface area contributed by atoms with Gasteiger partial charge in [0.2, 0.25) is 0 Å². The minimum atomic E-state index is -1.05. The van der Waals surface area contributed by atoms with Crippen LogP contribution in [0.1, 0.15) is 34.6 Å². The first-order valence-corrected chi connectivity index (χ1v) is 6.52. The van der Waals surface area contributed by atoms with Gasteiger partial charge in [-0.1, -0.05) is 6.92 Å². The molecule has 0 aliphatic heterocycles. The molecule has 0 bridgehead atoms. The molecule has 0 heterocycles. The third-order valence-corrected chi connectivity index (χ3v) is 3.84. The Bertz CT molecular complexity index is 327. The van der Waals surface area contributed by atoms with Crippen LogP contribution < -0.4 is 10.6 Å². The van der Waals surface area contributed by atoms with Crippen LogP contribution in [0.4, 0.5) is 4.79 Å². The zero-order valence-electron chi connectivity index (χ0n) is 12.8. The topological polar surface area (TPSA) is 81.7 Å². The van der Waals surface area contributed by atoms with Gasteiger partial charge in [0.1, 0.15) is 0 Å². The van der Waals surface area contributed by atoms with Crippen LogP contribution >= 0.6 is 0 Å². The smallest absolute Gasteiger partial charge is 0.315 e. The van der Waals surface area contributed by atoms with Crippen molar-refractivity contribution in [2.45, 2.75) is 40.2 Å². The van der Waals surface area contributed by atoms with Gasteiger partial charge in [-0.3, -0.25) is 4.79 Å². The number of aliphatic carboxylic acids is 1. The Morgan fingerprint density at radius 3 is 2.16 bits per heavy atom. The predicted molar refractivity (Wildman–Crippen MR) is 75.2 cm³/mol. The van der Waals surface area contributed by atoms with Crippen molar-refractivity contribution in [1.82, 2.24) is 15.5 Å². The summed E-state index contributed by atoms with van der Waals surface area (Å²) in [7, 11) is 1.97. The fraction of sp³-hybridized carbons (Fsp3) is 0.846. The van der Waals surface area contributed by atoms with Crippen LogP contribution in [0.15, 0.2) is 0 Å². The van der Waals surface area contributed by atoms with E-state index in [2.05, 4.69) is 15.5 Å². The van der Waals surface area contributed by atoms with Gasteiger partial charge >= 0.3 is 12.0 Å². The summed E-state index contributed by atoms with van der Waals surface area (Å²) in [5.74, 6) is -0.941. The minimum absolute atomic E-state index is 0.344. The van der Waals surface area contributed by atoms with Gasteiger partial charge < -0.3 is 20.6 Å². The molecule has 0 radical (unpaired) electrons. The van der Waals surface area contributed by atoms with E-state index in [4.69, 9.17) is 0 Å². The standard InChI is InChI=1S/C13H27N3O3/c1-7-16(6)9-8-14-11(19)15-13(4,5)12(2,3)10(17)18/h7-9H2,1-6H3,(H,17,18)(H2,14,15,19). The van der Waals surface area contributed by atoms with E-state index < -0.39 is 16.9 Å². The second-order valence-corrected chi connectivity index (χ2v) is 5.83. The van der Waals surface area contributed by atoms with E-state index >= 15 is 0 Å². The fourth-order valence-corrected chi connectivity index (χ4v) is 1.27. The number of hydrogen-bond acceptors (Lipinski definition) is 3. The van der Waals surface area contributed by atoms with Crippen LogP contribution in [-0.4, -0.2) is 54.2 Å². The zero-order chi connectivity index (χ0) is 15.3. The lowest BCUT2D eigenvalue weighted by molar-refractivity contribution is -0.150. The average molecular weight is 273 g/mol. The van der Waals surface area contributed by atoms with E-state index in [0.717, 1.165) is 13.1 Å². The van der Waals surface area contributed by atoms with Crippen molar-refractivity contribution in [1.29, 1.82) is 0 Å². The van der Waals surface area contributed by atoms with E-state index in [0.29, 0.717) is 6.54 Å². The van der Waals surface area contributed by atoms with Crippen molar-refractivity contribution in [2.75, 3.05) is 26.7 Å². The van der Waals surface area contributed by atoms with Crippen LogP contribution in [-0.2, 0) is 4.79 Å². The van der Waals surface area contributed by atoms with Gasteiger partial charge in [0.25, 0.3) is 0 Å². The third-order valence-electron chi connectivity index (χ3n) is 3.84. The van der Waals surface area contributed by atoms with Gasteiger partial charge in [-0.2, -0.15) is 0 Å². The number of amides is 2. The largest absolute Gasteiger partial charge is 0.481 e.